The van der Waals surface area contributed by atoms with E-state index in [1.807, 2.05) is 11.4 Å². The van der Waals surface area contributed by atoms with Gasteiger partial charge in [-0.25, -0.2) is 13.1 Å². The predicted molar refractivity (Wildman–Crippen MR) is 64.6 cm³/mol. The van der Waals surface area contributed by atoms with E-state index in [0.717, 1.165) is 16.7 Å². The lowest BCUT2D eigenvalue weighted by molar-refractivity contribution is 0.305. The van der Waals surface area contributed by atoms with Crippen molar-refractivity contribution in [3.05, 3.63) is 21.9 Å². The number of nitrogens with one attached hydrogen (secondary N) is 1. The molecular weight excluding hydrogens is 246 g/mol. The average molecular weight is 259 g/mol. The first-order valence-corrected chi connectivity index (χ1v) is 7.40. The topological polar surface area (TPSA) is 66.4 Å². The molecule has 0 bridgehead atoms. The number of aliphatic hydroxyl groups excluding tert-OH is 1. The summed E-state index contributed by atoms with van der Waals surface area (Å²) in [7, 11) is -3.15. The normalized spacial score (nSPS) is 10.9. The lowest BCUT2D eigenvalue weighted by atomic mass is 10.3. The van der Waals surface area contributed by atoms with E-state index in [2.05, 4.69) is 16.6 Å². The summed E-state index contributed by atoms with van der Waals surface area (Å²) in [5.41, 5.74) is 0.851. The molecule has 0 aliphatic heterocycles. The molecule has 0 aliphatic carbocycles. The summed E-state index contributed by atoms with van der Waals surface area (Å²) in [6, 6.07) is 1.84. The molecule has 0 spiro atoms. The molecule has 1 aromatic rings. The van der Waals surface area contributed by atoms with Crippen LogP contribution in [0.2, 0.25) is 0 Å². The number of rotatable bonds is 4. The molecule has 0 unspecified atom stereocenters. The second kappa shape index (κ2) is 6.01. The van der Waals surface area contributed by atoms with Crippen molar-refractivity contribution in [2.45, 2.75) is 13.0 Å². The first-order valence-electron chi connectivity index (χ1n) is 4.63. The minimum absolute atomic E-state index is 0.0552. The van der Waals surface area contributed by atoms with Crippen LogP contribution in [-0.2, 0) is 16.6 Å². The van der Waals surface area contributed by atoms with E-state index in [1.54, 1.807) is 0 Å². The van der Waals surface area contributed by atoms with Crippen LogP contribution >= 0.6 is 11.3 Å². The van der Waals surface area contributed by atoms with Crippen molar-refractivity contribution in [2.24, 2.45) is 0 Å². The number of thiophene rings is 1. The van der Waals surface area contributed by atoms with Crippen LogP contribution < -0.4 is 4.72 Å². The van der Waals surface area contributed by atoms with Crippen LogP contribution in [0.15, 0.2) is 11.4 Å². The molecule has 1 aromatic heterocycles. The van der Waals surface area contributed by atoms with Gasteiger partial charge in [0.25, 0.3) is 0 Å². The standard InChI is InChI=1S/C10H13NO3S2/c1-16(13,14)11-7-10-6-9(8-15-10)4-2-3-5-12/h6,8,11-12H,3,5,7H2,1H3. The maximum Gasteiger partial charge on any atom is 0.209 e. The van der Waals surface area contributed by atoms with Gasteiger partial charge in [-0.2, -0.15) is 0 Å². The maximum absolute atomic E-state index is 10.9. The SMILES string of the molecule is CS(=O)(=O)NCc1cc(C#CCCO)cs1. The molecule has 1 rings (SSSR count). The average Bonchev–Trinajstić information content (AvgIpc) is 2.62. The van der Waals surface area contributed by atoms with E-state index in [4.69, 9.17) is 5.11 Å². The van der Waals surface area contributed by atoms with Crippen molar-refractivity contribution in [2.75, 3.05) is 12.9 Å². The summed E-state index contributed by atoms with van der Waals surface area (Å²) in [6.07, 6.45) is 1.58. The van der Waals surface area contributed by atoms with Crippen LogP contribution in [0.1, 0.15) is 16.9 Å². The van der Waals surface area contributed by atoms with Crippen LogP contribution in [0.25, 0.3) is 0 Å². The minimum atomic E-state index is -3.15. The van der Waals surface area contributed by atoms with Gasteiger partial charge in [0.2, 0.25) is 10.0 Å². The Morgan fingerprint density at radius 3 is 2.94 bits per heavy atom. The summed E-state index contributed by atoms with van der Waals surface area (Å²) in [5, 5.41) is 10.4. The van der Waals surface area contributed by atoms with Crippen molar-refractivity contribution >= 4 is 21.4 Å². The fourth-order valence-electron chi connectivity index (χ4n) is 0.962. The smallest absolute Gasteiger partial charge is 0.209 e. The molecule has 0 saturated carbocycles. The van der Waals surface area contributed by atoms with Gasteiger partial charge in [-0.15, -0.1) is 11.3 Å². The molecule has 88 valence electrons. The van der Waals surface area contributed by atoms with Crippen molar-refractivity contribution < 1.29 is 13.5 Å². The van der Waals surface area contributed by atoms with E-state index in [9.17, 15) is 8.42 Å². The third kappa shape index (κ3) is 5.28. The highest BCUT2D eigenvalue weighted by atomic mass is 32.2. The largest absolute Gasteiger partial charge is 0.395 e. The molecule has 1 heterocycles. The van der Waals surface area contributed by atoms with Gasteiger partial charge in [-0.1, -0.05) is 11.8 Å². The Hall–Kier alpha value is -0.870. The quantitative estimate of drug-likeness (QED) is 0.775. The van der Waals surface area contributed by atoms with E-state index in [-0.39, 0.29) is 6.61 Å². The highest BCUT2D eigenvalue weighted by molar-refractivity contribution is 7.88. The zero-order valence-corrected chi connectivity index (χ0v) is 10.5. The number of hydrogen-bond acceptors (Lipinski definition) is 4. The molecule has 2 N–H and O–H groups in total. The highest BCUT2D eigenvalue weighted by Gasteiger charge is 2.02. The van der Waals surface area contributed by atoms with Crippen molar-refractivity contribution in [1.29, 1.82) is 0 Å². The molecule has 16 heavy (non-hydrogen) atoms. The molecule has 0 radical (unpaired) electrons. The van der Waals surface area contributed by atoms with Crippen LogP contribution in [0.4, 0.5) is 0 Å². The second-order valence-corrected chi connectivity index (χ2v) is 6.00. The first-order chi connectivity index (χ1) is 7.51. The molecule has 0 amide bonds. The molecular formula is C10H13NO3S2. The van der Waals surface area contributed by atoms with Gasteiger partial charge in [0.05, 0.1) is 12.9 Å². The van der Waals surface area contributed by atoms with Gasteiger partial charge in [0.1, 0.15) is 0 Å². The lowest BCUT2D eigenvalue weighted by Crippen LogP contribution is -2.20. The fraction of sp³-hybridized carbons (Fsp3) is 0.400. The van der Waals surface area contributed by atoms with Gasteiger partial charge >= 0.3 is 0 Å². The summed E-state index contributed by atoms with van der Waals surface area (Å²) in [4.78, 5) is 0.915. The van der Waals surface area contributed by atoms with E-state index < -0.39 is 10.0 Å². The van der Waals surface area contributed by atoms with E-state index in [0.29, 0.717) is 13.0 Å². The van der Waals surface area contributed by atoms with Crippen molar-refractivity contribution in [1.82, 2.24) is 4.72 Å². The van der Waals surface area contributed by atoms with Gasteiger partial charge in [0.15, 0.2) is 0 Å². The highest BCUT2D eigenvalue weighted by Crippen LogP contribution is 2.13. The fourth-order valence-corrected chi connectivity index (χ4v) is 2.23. The molecule has 4 nitrogen and oxygen atoms in total. The third-order valence-corrected chi connectivity index (χ3v) is 3.24. The number of sulfonamides is 1. The number of hydrogen-bond donors (Lipinski definition) is 2. The Morgan fingerprint density at radius 1 is 1.56 bits per heavy atom. The summed E-state index contributed by atoms with van der Waals surface area (Å²) >= 11 is 1.46. The molecule has 6 heteroatoms. The van der Waals surface area contributed by atoms with Crippen LogP contribution in [0.5, 0.6) is 0 Å². The Bertz CT molecular complexity index is 494. The van der Waals surface area contributed by atoms with E-state index in [1.165, 1.54) is 11.3 Å². The second-order valence-electron chi connectivity index (χ2n) is 3.17. The molecule has 0 saturated heterocycles. The minimum Gasteiger partial charge on any atom is -0.395 e. The Labute approximate surface area is 99.4 Å². The van der Waals surface area contributed by atoms with Crippen LogP contribution in [-0.4, -0.2) is 26.4 Å². The molecule has 0 fully saturated rings. The Kier molecular flexibility index (Phi) is 4.96. The third-order valence-electron chi connectivity index (χ3n) is 1.63. The molecule has 0 aromatic carbocycles. The van der Waals surface area contributed by atoms with E-state index >= 15 is 0 Å². The molecule has 0 aliphatic rings. The summed E-state index contributed by atoms with van der Waals surface area (Å²) in [6.45, 7) is 0.352. The van der Waals surface area contributed by atoms with Gasteiger partial charge in [-0.05, 0) is 6.07 Å². The molecule has 0 atom stereocenters. The van der Waals surface area contributed by atoms with Crippen LogP contribution in [0, 0.1) is 11.8 Å². The predicted octanol–water partition coefficient (Wildman–Crippen LogP) is 0.531. The monoisotopic (exact) mass is 259 g/mol. The van der Waals surface area contributed by atoms with Gasteiger partial charge in [-0.3, -0.25) is 0 Å². The summed E-state index contributed by atoms with van der Waals surface area (Å²) < 4.78 is 24.1. The van der Waals surface area contributed by atoms with Crippen LogP contribution in [0.3, 0.4) is 0 Å². The number of aliphatic hydroxyl groups is 1. The first kappa shape index (κ1) is 13.2. The maximum atomic E-state index is 10.9. The van der Waals surface area contributed by atoms with Crippen molar-refractivity contribution in [3.8, 4) is 11.8 Å². The zero-order valence-electron chi connectivity index (χ0n) is 8.86. The van der Waals surface area contributed by atoms with Crippen molar-refractivity contribution in [3.63, 3.8) is 0 Å². The Balaban J connectivity index is 2.56. The Morgan fingerprint density at radius 2 is 2.31 bits per heavy atom. The summed E-state index contributed by atoms with van der Waals surface area (Å²) in [5.74, 6) is 5.69. The van der Waals surface area contributed by atoms with Gasteiger partial charge < -0.3 is 5.11 Å². The lowest BCUT2D eigenvalue weighted by Gasteiger charge is -1.97. The zero-order chi connectivity index (χ0) is 12.0. The van der Waals surface area contributed by atoms with Gasteiger partial charge in [0, 0.05) is 28.8 Å².